The predicted molar refractivity (Wildman–Crippen MR) is 133 cm³/mol. The van der Waals surface area contributed by atoms with Crippen molar-refractivity contribution in [1.29, 1.82) is 0 Å². The normalized spacial score (nSPS) is 28.7. The van der Waals surface area contributed by atoms with E-state index < -0.39 is 97.4 Å². The molecule has 0 N–H and O–H groups in total. The molecule has 16 nitrogen and oxygen atoms in total. The number of methoxy groups -OCH3 is 1. The van der Waals surface area contributed by atoms with Crippen LogP contribution in [0.25, 0.3) is 0 Å². The third-order valence-corrected chi connectivity index (χ3v) is 5.78. The Hall–Kier alpha value is -4.05. The van der Waals surface area contributed by atoms with Crippen LogP contribution in [0.3, 0.4) is 0 Å². The van der Waals surface area contributed by atoms with Crippen LogP contribution in [0, 0.1) is 0 Å². The van der Waals surface area contributed by atoms with E-state index >= 15 is 0 Å². The first-order valence-corrected chi connectivity index (χ1v) is 12.7. The van der Waals surface area contributed by atoms with Gasteiger partial charge >= 0.3 is 41.8 Å². The zero-order valence-electron chi connectivity index (χ0n) is 24.1. The predicted octanol–water partition coefficient (Wildman–Crippen LogP) is -0.179. The molecule has 2 aliphatic rings. The Morgan fingerprint density at radius 1 is 0.690 bits per heavy atom. The van der Waals surface area contributed by atoms with Crippen LogP contribution in [-0.2, 0) is 76.2 Å². The van der Waals surface area contributed by atoms with E-state index in [1.165, 1.54) is 6.08 Å². The second-order valence-corrected chi connectivity index (χ2v) is 9.28. The molecule has 1 heterocycles. The number of carbonyl (C=O) groups excluding carboxylic acids is 7. The zero-order chi connectivity index (χ0) is 31.7. The minimum absolute atomic E-state index is 0.0113. The summed E-state index contributed by atoms with van der Waals surface area (Å²) in [5.41, 5.74) is -0.0113. The molecule has 0 spiro atoms. The molecule has 1 aliphatic heterocycles. The molecule has 0 aromatic rings. The highest BCUT2D eigenvalue weighted by Gasteiger charge is 2.54. The summed E-state index contributed by atoms with van der Waals surface area (Å²) in [5.74, 6) is -5.63. The number of carbonyl (C=O) groups is 7. The quantitative estimate of drug-likeness (QED) is 0.235. The van der Waals surface area contributed by atoms with Gasteiger partial charge in [0.05, 0.1) is 7.11 Å². The number of hydrogen-bond acceptors (Lipinski definition) is 16. The fraction of sp³-hybridized carbons (Fsp3) is 0.654. The average Bonchev–Trinajstić information content (AvgIpc) is 2.86. The van der Waals surface area contributed by atoms with Crippen LogP contribution in [0.1, 0.15) is 48.0 Å². The van der Waals surface area contributed by atoms with Crippen molar-refractivity contribution in [1.82, 2.24) is 0 Å². The van der Waals surface area contributed by atoms with Gasteiger partial charge < -0.3 is 42.6 Å². The lowest BCUT2D eigenvalue weighted by atomic mass is 9.91. The maximum absolute atomic E-state index is 12.4. The largest absolute Gasteiger partial charge is 0.466 e. The van der Waals surface area contributed by atoms with E-state index in [0.29, 0.717) is 0 Å². The van der Waals surface area contributed by atoms with Gasteiger partial charge in [-0.3, -0.25) is 28.8 Å². The van der Waals surface area contributed by atoms with Gasteiger partial charge in [-0.25, -0.2) is 4.79 Å². The van der Waals surface area contributed by atoms with Gasteiger partial charge in [0.15, 0.2) is 30.7 Å². The van der Waals surface area contributed by atoms with E-state index in [4.69, 9.17) is 42.6 Å². The van der Waals surface area contributed by atoms with Gasteiger partial charge in [-0.05, 0) is 6.08 Å². The van der Waals surface area contributed by atoms with E-state index in [-0.39, 0.29) is 12.0 Å². The van der Waals surface area contributed by atoms with Gasteiger partial charge in [0, 0.05) is 53.5 Å². The first-order chi connectivity index (χ1) is 19.6. The third-order valence-electron chi connectivity index (χ3n) is 5.78. The Morgan fingerprint density at radius 2 is 1.19 bits per heavy atom. The van der Waals surface area contributed by atoms with Gasteiger partial charge in [-0.2, -0.15) is 0 Å². The second-order valence-electron chi connectivity index (χ2n) is 9.28. The summed E-state index contributed by atoms with van der Waals surface area (Å²) in [6.07, 6.45) is -10.5. The maximum Gasteiger partial charge on any atom is 0.333 e. The van der Waals surface area contributed by atoms with Crippen molar-refractivity contribution in [3.8, 4) is 0 Å². The van der Waals surface area contributed by atoms with Crippen LogP contribution in [0.5, 0.6) is 0 Å². The molecular formula is C26H34O16. The molecule has 0 bridgehead atoms. The van der Waals surface area contributed by atoms with Gasteiger partial charge in [0.25, 0.3) is 0 Å². The zero-order valence-corrected chi connectivity index (χ0v) is 24.1. The second kappa shape index (κ2) is 15.3. The van der Waals surface area contributed by atoms with Gasteiger partial charge in [-0.1, -0.05) is 0 Å². The monoisotopic (exact) mass is 602 g/mol. The molecule has 1 saturated heterocycles. The van der Waals surface area contributed by atoms with Crippen LogP contribution >= 0.6 is 0 Å². The summed E-state index contributed by atoms with van der Waals surface area (Å²) in [6.45, 7) is 5.96. The topological polar surface area (TPSA) is 203 Å². The van der Waals surface area contributed by atoms with E-state index in [1.54, 1.807) is 0 Å². The van der Waals surface area contributed by atoms with Crippen molar-refractivity contribution in [2.24, 2.45) is 0 Å². The SMILES string of the molecule is COC(=O)C1=C[C@@H](O[C@@H]2O[C@H](COC(C)=O)[C@@H](OC(C)=O)[C@H](OC(C)=O)[C@H]2OC(C)=O)[C@H](OC(C)=O)[C@H](OC(C)=O)C1. The first-order valence-electron chi connectivity index (χ1n) is 12.7. The van der Waals surface area contributed by atoms with Gasteiger partial charge in [-0.15, -0.1) is 0 Å². The van der Waals surface area contributed by atoms with E-state index in [9.17, 15) is 33.6 Å². The lowest BCUT2D eigenvalue weighted by Gasteiger charge is -2.45. The summed E-state index contributed by atoms with van der Waals surface area (Å²) < 4.78 is 48.6. The Labute approximate surface area is 240 Å². The highest BCUT2D eigenvalue weighted by molar-refractivity contribution is 5.89. The third kappa shape index (κ3) is 9.80. The number of rotatable bonds is 10. The summed E-state index contributed by atoms with van der Waals surface area (Å²) in [5, 5.41) is 0. The van der Waals surface area contributed by atoms with Crippen molar-refractivity contribution in [3.05, 3.63) is 11.6 Å². The molecule has 8 atom stereocenters. The lowest BCUT2D eigenvalue weighted by Crippen LogP contribution is -2.64. The molecular weight excluding hydrogens is 568 g/mol. The van der Waals surface area contributed by atoms with Crippen molar-refractivity contribution >= 4 is 41.8 Å². The van der Waals surface area contributed by atoms with Gasteiger partial charge in [0.1, 0.15) is 24.9 Å². The molecule has 0 aromatic heterocycles. The van der Waals surface area contributed by atoms with Crippen LogP contribution < -0.4 is 0 Å². The molecule has 0 amide bonds. The fourth-order valence-corrected chi connectivity index (χ4v) is 4.41. The maximum atomic E-state index is 12.4. The van der Waals surface area contributed by atoms with Crippen LogP contribution in [0.15, 0.2) is 11.6 Å². The molecule has 0 unspecified atom stereocenters. The first kappa shape index (κ1) is 34.2. The number of hydrogen-bond donors (Lipinski definition) is 0. The van der Waals surface area contributed by atoms with E-state index in [1.807, 2.05) is 0 Å². The van der Waals surface area contributed by atoms with Gasteiger partial charge in [0.2, 0.25) is 0 Å². The fourth-order valence-electron chi connectivity index (χ4n) is 4.41. The standard InChI is InChI=1S/C26H34O16/c1-11(27)35-10-20-22(38-14(4)30)23(39-15(5)31)24(40-16(6)32)26(42-20)41-19-9-17(25(33)34-7)8-18(36-12(2)28)21(19)37-13(3)29/h9,18-24,26H,8,10H2,1-7H3/t18-,19-,20-,21-,22-,23+,24-,26-/m1/s1. The van der Waals surface area contributed by atoms with Crippen molar-refractivity contribution in [2.45, 2.75) is 97.0 Å². The molecule has 0 radical (unpaired) electrons. The highest BCUT2D eigenvalue weighted by atomic mass is 16.7. The van der Waals surface area contributed by atoms with Crippen LogP contribution in [0.2, 0.25) is 0 Å². The molecule has 2 rings (SSSR count). The Bertz CT molecular complexity index is 1100. The number of ether oxygens (including phenoxy) is 9. The van der Waals surface area contributed by atoms with Crippen molar-refractivity contribution in [2.75, 3.05) is 13.7 Å². The molecule has 234 valence electrons. The highest BCUT2D eigenvalue weighted by Crippen LogP contribution is 2.34. The Balaban J connectivity index is 2.64. The summed E-state index contributed by atoms with van der Waals surface area (Å²) in [4.78, 5) is 84.0. The minimum Gasteiger partial charge on any atom is -0.466 e. The summed E-state index contributed by atoms with van der Waals surface area (Å²) >= 11 is 0. The molecule has 16 heteroatoms. The molecule has 1 fully saturated rings. The molecule has 0 saturated carbocycles. The van der Waals surface area contributed by atoms with Crippen molar-refractivity contribution < 1.29 is 76.2 Å². The van der Waals surface area contributed by atoms with Crippen LogP contribution in [0.4, 0.5) is 0 Å². The van der Waals surface area contributed by atoms with Crippen molar-refractivity contribution in [3.63, 3.8) is 0 Å². The van der Waals surface area contributed by atoms with E-state index in [0.717, 1.165) is 48.7 Å². The Kier molecular flexibility index (Phi) is 12.4. The molecule has 42 heavy (non-hydrogen) atoms. The molecule has 1 aliphatic carbocycles. The number of esters is 7. The molecule has 0 aromatic carbocycles. The lowest BCUT2D eigenvalue weighted by molar-refractivity contribution is -0.320. The smallest absolute Gasteiger partial charge is 0.333 e. The average molecular weight is 603 g/mol. The Morgan fingerprint density at radius 3 is 1.69 bits per heavy atom. The van der Waals surface area contributed by atoms with E-state index in [2.05, 4.69) is 0 Å². The van der Waals surface area contributed by atoms with Crippen LogP contribution in [-0.4, -0.2) is 105 Å². The summed E-state index contributed by atoms with van der Waals surface area (Å²) in [6, 6.07) is 0. The summed E-state index contributed by atoms with van der Waals surface area (Å²) in [7, 11) is 1.12. The minimum atomic E-state index is -1.68.